The van der Waals surface area contributed by atoms with Crippen molar-refractivity contribution < 1.29 is 8.78 Å². The molecule has 2 aromatic heterocycles. The summed E-state index contributed by atoms with van der Waals surface area (Å²) in [5, 5.41) is 10.7. The molecule has 74 valence electrons. The zero-order valence-electron chi connectivity index (χ0n) is 7.08. The second-order valence-corrected chi connectivity index (χ2v) is 3.23. The summed E-state index contributed by atoms with van der Waals surface area (Å²) >= 11 is 5.57. The van der Waals surface area contributed by atoms with Gasteiger partial charge < -0.3 is 0 Å². The van der Waals surface area contributed by atoms with Crippen molar-refractivity contribution in [3.63, 3.8) is 0 Å². The van der Waals surface area contributed by atoms with Crippen LogP contribution >= 0.6 is 11.6 Å². The number of hydrogen-bond acceptors (Lipinski definition) is 3. The van der Waals surface area contributed by atoms with E-state index in [1.165, 1.54) is 12.1 Å². The molecule has 2 rings (SSSR count). The van der Waals surface area contributed by atoms with Gasteiger partial charge in [0.25, 0.3) is 0 Å². The molecule has 0 aliphatic rings. The molecule has 0 radical (unpaired) electrons. The molecular weight excluding hydrogens is 214 g/mol. The van der Waals surface area contributed by atoms with Crippen molar-refractivity contribution in [3.05, 3.63) is 23.1 Å². The third-order valence-corrected chi connectivity index (χ3v) is 1.82. The summed E-state index contributed by atoms with van der Waals surface area (Å²) in [5.41, 5.74) is 0.242. The SMILES string of the molecule is CC(F)(F)c1nnc2ccc(Cl)nn12. The van der Waals surface area contributed by atoms with Gasteiger partial charge in [-0.25, -0.2) is 0 Å². The zero-order valence-corrected chi connectivity index (χ0v) is 7.83. The van der Waals surface area contributed by atoms with Crippen molar-refractivity contribution >= 4 is 17.2 Å². The number of hydrogen-bond donors (Lipinski definition) is 0. The summed E-state index contributed by atoms with van der Waals surface area (Å²) in [6, 6.07) is 2.93. The Labute approximate surface area is 82.5 Å². The first-order valence-corrected chi connectivity index (χ1v) is 4.12. The van der Waals surface area contributed by atoms with Crippen LogP contribution in [0.1, 0.15) is 12.7 Å². The van der Waals surface area contributed by atoms with Crippen LogP contribution in [-0.4, -0.2) is 19.8 Å². The standard InChI is InChI=1S/C7H5ClF2N4/c1-7(9,10)6-12-11-5-3-2-4(8)13-14(5)6/h2-3H,1H3. The highest BCUT2D eigenvalue weighted by Gasteiger charge is 2.31. The van der Waals surface area contributed by atoms with Gasteiger partial charge in [-0.1, -0.05) is 11.6 Å². The Hall–Kier alpha value is -1.30. The summed E-state index contributed by atoms with van der Waals surface area (Å²) in [7, 11) is 0. The molecule has 2 aromatic rings. The van der Waals surface area contributed by atoms with Crippen LogP contribution in [0.3, 0.4) is 0 Å². The van der Waals surface area contributed by atoms with E-state index < -0.39 is 11.7 Å². The molecule has 0 saturated carbocycles. The summed E-state index contributed by atoms with van der Waals surface area (Å²) in [4.78, 5) is 0. The zero-order chi connectivity index (χ0) is 10.3. The van der Waals surface area contributed by atoms with E-state index in [0.29, 0.717) is 0 Å². The predicted octanol–water partition coefficient (Wildman–Crippen LogP) is 1.89. The second kappa shape index (κ2) is 2.84. The lowest BCUT2D eigenvalue weighted by molar-refractivity contribution is 0.00561. The van der Waals surface area contributed by atoms with Gasteiger partial charge >= 0.3 is 5.92 Å². The average molecular weight is 219 g/mol. The number of aromatic nitrogens is 4. The van der Waals surface area contributed by atoms with Crippen molar-refractivity contribution in [2.45, 2.75) is 12.8 Å². The maximum Gasteiger partial charge on any atom is 0.305 e. The molecule has 0 amide bonds. The van der Waals surface area contributed by atoms with Gasteiger partial charge in [-0.3, -0.25) is 0 Å². The fraction of sp³-hybridized carbons (Fsp3) is 0.286. The molecule has 7 heteroatoms. The number of nitrogens with zero attached hydrogens (tertiary/aromatic N) is 4. The molecule has 0 spiro atoms. The van der Waals surface area contributed by atoms with Crippen LogP contribution in [0.2, 0.25) is 5.15 Å². The van der Waals surface area contributed by atoms with Crippen molar-refractivity contribution in [2.75, 3.05) is 0 Å². The van der Waals surface area contributed by atoms with Crippen LogP contribution in [0.25, 0.3) is 5.65 Å². The van der Waals surface area contributed by atoms with Crippen molar-refractivity contribution in [1.82, 2.24) is 19.8 Å². The molecule has 0 N–H and O–H groups in total. The quantitative estimate of drug-likeness (QED) is 0.734. The highest BCUT2D eigenvalue weighted by Crippen LogP contribution is 2.25. The largest absolute Gasteiger partial charge is 0.305 e. The maximum atomic E-state index is 12.9. The minimum absolute atomic E-state index is 0.114. The fourth-order valence-corrected chi connectivity index (χ4v) is 1.18. The van der Waals surface area contributed by atoms with E-state index in [0.717, 1.165) is 11.4 Å². The Morgan fingerprint density at radius 2 is 2.07 bits per heavy atom. The van der Waals surface area contributed by atoms with Gasteiger partial charge in [0.2, 0.25) is 5.82 Å². The lowest BCUT2D eigenvalue weighted by atomic mass is 10.4. The molecule has 0 fully saturated rings. The smallest absolute Gasteiger partial charge is 0.198 e. The topological polar surface area (TPSA) is 43.1 Å². The van der Waals surface area contributed by atoms with Crippen molar-refractivity contribution in [2.24, 2.45) is 0 Å². The van der Waals surface area contributed by atoms with Gasteiger partial charge in [-0.15, -0.1) is 10.2 Å². The van der Waals surface area contributed by atoms with Crippen LogP contribution in [0.5, 0.6) is 0 Å². The highest BCUT2D eigenvalue weighted by molar-refractivity contribution is 6.29. The molecule has 14 heavy (non-hydrogen) atoms. The molecule has 0 bridgehead atoms. The molecule has 0 unspecified atom stereocenters. The fourth-order valence-electron chi connectivity index (χ4n) is 1.04. The van der Waals surface area contributed by atoms with E-state index in [9.17, 15) is 8.78 Å². The van der Waals surface area contributed by atoms with Crippen molar-refractivity contribution in [1.29, 1.82) is 0 Å². The molecule has 0 atom stereocenters. The van der Waals surface area contributed by atoms with Gasteiger partial charge in [0, 0.05) is 6.92 Å². The Bertz CT molecular complexity index is 476. The van der Waals surface area contributed by atoms with E-state index in [1.54, 1.807) is 0 Å². The van der Waals surface area contributed by atoms with Crippen LogP contribution in [0.15, 0.2) is 12.1 Å². The first-order chi connectivity index (χ1) is 6.48. The third-order valence-electron chi connectivity index (χ3n) is 1.62. The van der Waals surface area contributed by atoms with Crippen LogP contribution in [0.4, 0.5) is 8.78 Å². The Morgan fingerprint density at radius 1 is 1.36 bits per heavy atom. The van der Waals surface area contributed by atoms with E-state index in [4.69, 9.17) is 11.6 Å². The molecule has 0 aliphatic carbocycles. The number of alkyl halides is 2. The van der Waals surface area contributed by atoms with Gasteiger partial charge in [0.1, 0.15) is 5.15 Å². The van der Waals surface area contributed by atoms with Gasteiger partial charge in [0.15, 0.2) is 5.65 Å². The molecule has 0 aliphatic heterocycles. The summed E-state index contributed by atoms with van der Waals surface area (Å²) in [6.45, 7) is 0.728. The lowest BCUT2D eigenvalue weighted by Gasteiger charge is -2.06. The average Bonchev–Trinajstić information content (AvgIpc) is 2.45. The van der Waals surface area contributed by atoms with Crippen LogP contribution < -0.4 is 0 Å². The van der Waals surface area contributed by atoms with Crippen LogP contribution in [-0.2, 0) is 5.92 Å². The second-order valence-electron chi connectivity index (χ2n) is 2.84. The van der Waals surface area contributed by atoms with E-state index in [-0.39, 0.29) is 10.8 Å². The normalized spacial score (nSPS) is 12.3. The minimum atomic E-state index is -3.09. The number of rotatable bonds is 1. The molecule has 0 saturated heterocycles. The summed E-state index contributed by atoms with van der Waals surface area (Å²) in [5.74, 6) is -3.60. The first kappa shape index (κ1) is 9.26. The Morgan fingerprint density at radius 3 is 2.71 bits per heavy atom. The summed E-state index contributed by atoms with van der Waals surface area (Å²) < 4.78 is 26.8. The molecule has 2 heterocycles. The highest BCUT2D eigenvalue weighted by atomic mass is 35.5. The van der Waals surface area contributed by atoms with Crippen LogP contribution in [0, 0.1) is 0 Å². The van der Waals surface area contributed by atoms with E-state index in [1.807, 2.05) is 0 Å². The van der Waals surface area contributed by atoms with Gasteiger partial charge in [-0.2, -0.15) is 18.4 Å². The predicted molar refractivity (Wildman–Crippen MR) is 45.4 cm³/mol. The lowest BCUT2D eigenvalue weighted by Crippen LogP contribution is -2.13. The molecular formula is C7H5ClF2N4. The van der Waals surface area contributed by atoms with Gasteiger partial charge in [0.05, 0.1) is 0 Å². The van der Waals surface area contributed by atoms with E-state index in [2.05, 4.69) is 15.3 Å². The summed E-state index contributed by atoms with van der Waals surface area (Å²) in [6.07, 6.45) is 0. The number of halogens is 3. The minimum Gasteiger partial charge on any atom is -0.198 e. The molecule has 0 aromatic carbocycles. The van der Waals surface area contributed by atoms with E-state index >= 15 is 0 Å². The van der Waals surface area contributed by atoms with Gasteiger partial charge in [-0.05, 0) is 12.1 Å². The first-order valence-electron chi connectivity index (χ1n) is 3.75. The number of fused-ring (bicyclic) bond motifs is 1. The third kappa shape index (κ3) is 1.41. The maximum absolute atomic E-state index is 12.9. The van der Waals surface area contributed by atoms with Crippen molar-refractivity contribution in [3.8, 4) is 0 Å². The Balaban J connectivity index is 2.73. The Kier molecular flexibility index (Phi) is 1.88. The molecule has 4 nitrogen and oxygen atoms in total. The monoisotopic (exact) mass is 218 g/mol.